The van der Waals surface area contributed by atoms with Gasteiger partial charge in [0.1, 0.15) is 0 Å². The van der Waals surface area contributed by atoms with Crippen molar-refractivity contribution >= 4 is 28.5 Å². The van der Waals surface area contributed by atoms with Crippen molar-refractivity contribution < 1.29 is 0 Å². The average molecular weight is 260 g/mol. The van der Waals surface area contributed by atoms with Crippen LogP contribution in [0, 0.1) is 13.8 Å². The topological polar surface area (TPSA) is 0 Å². The zero-order chi connectivity index (χ0) is 12.5. The molecule has 1 unspecified atom stereocenters. The molecule has 0 aliphatic heterocycles. The van der Waals surface area contributed by atoms with Crippen LogP contribution in [-0.4, -0.2) is 6.66 Å². The quantitative estimate of drug-likeness (QED) is 0.746. The second-order valence-electron chi connectivity index (χ2n) is 4.60. The van der Waals surface area contributed by atoms with E-state index in [0.717, 1.165) is 0 Å². The van der Waals surface area contributed by atoms with E-state index >= 15 is 0 Å². The van der Waals surface area contributed by atoms with Crippen LogP contribution in [0.15, 0.2) is 48.5 Å². The van der Waals surface area contributed by atoms with Gasteiger partial charge in [0, 0.05) is 6.04 Å². The van der Waals surface area contributed by atoms with Crippen LogP contribution in [0.1, 0.15) is 11.1 Å². The Morgan fingerprint density at radius 1 is 0.824 bits per heavy atom. The second-order valence-corrected chi connectivity index (χ2v) is 9.67. The summed E-state index contributed by atoms with van der Waals surface area (Å²) in [6.07, 6.45) is 0. The first-order valence-corrected chi connectivity index (χ1v) is 8.97. The van der Waals surface area contributed by atoms with Crippen molar-refractivity contribution in [1.29, 1.82) is 0 Å². The third-order valence-corrected chi connectivity index (χ3v) is 6.83. The third kappa shape index (κ3) is 2.68. The van der Waals surface area contributed by atoms with Gasteiger partial charge in [-0.1, -0.05) is 71.5 Å². The van der Waals surface area contributed by atoms with E-state index in [4.69, 9.17) is 11.8 Å². The van der Waals surface area contributed by atoms with Gasteiger partial charge in [0.15, 0.2) is 0 Å². The first-order valence-electron chi connectivity index (χ1n) is 5.72. The van der Waals surface area contributed by atoms with Gasteiger partial charge in [0.2, 0.25) is 0 Å². The molecule has 17 heavy (non-hydrogen) atoms. The average Bonchev–Trinajstić information content (AvgIpc) is 2.29. The molecule has 0 heterocycles. The van der Waals surface area contributed by atoms with Crippen molar-refractivity contribution in [1.82, 2.24) is 0 Å². The van der Waals surface area contributed by atoms with Crippen molar-refractivity contribution in [2.45, 2.75) is 13.8 Å². The van der Waals surface area contributed by atoms with Crippen LogP contribution < -0.4 is 10.6 Å². The Morgan fingerprint density at radius 3 is 2.06 bits per heavy atom. The Labute approximate surface area is 109 Å². The van der Waals surface area contributed by atoms with Crippen molar-refractivity contribution in [2.75, 3.05) is 6.66 Å². The largest absolute Gasteiger partial charge is 0.0879 e. The van der Waals surface area contributed by atoms with Gasteiger partial charge in [-0.05, 0) is 31.1 Å². The van der Waals surface area contributed by atoms with Crippen molar-refractivity contribution in [3.05, 3.63) is 59.7 Å². The van der Waals surface area contributed by atoms with Gasteiger partial charge in [-0.3, -0.25) is 0 Å². The summed E-state index contributed by atoms with van der Waals surface area (Å²) in [6, 6.07) is 15.6. The summed E-state index contributed by atoms with van der Waals surface area (Å²) in [6.45, 7) is 6.44. The molecule has 0 nitrogen and oxygen atoms in total. The van der Waals surface area contributed by atoms with Crippen LogP contribution in [0.3, 0.4) is 0 Å². The molecule has 0 aromatic heterocycles. The minimum Gasteiger partial charge on any atom is -0.0879 e. The van der Waals surface area contributed by atoms with E-state index in [0.29, 0.717) is 0 Å². The maximum Gasteiger partial charge on any atom is 0.00762 e. The van der Waals surface area contributed by atoms with Crippen molar-refractivity contribution in [2.24, 2.45) is 0 Å². The molecule has 0 spiro atoms. The van der Waals surface area contributed by atoms with Gasteiger partial charge in [-0.2, -0.15) is 0 Å². The standard InChI is InChI=1S/C15H17PS/c1-12-7-9-14(10-8-12)16(3,17)15-6-4-5-13(2)11-15/h4-11H,1-3H3. The maximum absolute atomic E-state index is 5.89. The van der Waals surface area contributed by atoms with E-state index in [9.17, 15) is 0 Å². The van der Waals surface area contributed by atoms with Crippen LogP contribution in [0.4, 0.5) is 0 Å². The Kier molecular flexibility index (Phi) is 3.51. The molecule has 0 saturated carbocycles. The summed E-state index contributed by atoms with van der Waals surface area (Å²) in [5, 5.41) is 2.60. The molecule has 2 heteroatoms. The van der Waals surface area contributed by atoms with E-state index in [1.54, 1.807) is 0 Å². The zero-order valence-electron chi connectivity index (χ0n) is 10.5. The Hall–Kier alpha value is -0.910. The molecule has 2 rings (SSSR count). The fourth-order valence-corrected chi connectivity index (χ4v) is 4.41. The lowest BCUT2D eigenvalue weighted by Gasteiger charge is -2.18. The highest BCUT2D eigenvalue weighted by Gasteiger charge is 2.15. The predicted octanol–water partition coefficient (Wildman–Crippen LogP) is 3.36. The molecular formula is C15H17PS. The van der Waals surface area contributed by atoms with Crippen molar-refractivity contribution in [3.8, 4) is 0 Å². The van der Waals surface area contributed by atoms with Crippen molar-refractivity contribution in [3.63, 3.8) is 0 Å². The van der Waals surface area contributed by atoms with E-state index in [2.05, 4.69) is 69.0 Å². The SMILES string of the molecule is Cc1ccc(P(C)(=S)c2cccc(C)c2)cc1. The van der Waals surface area contributed by atoms with Gasteiger partial charge >= 0.3 is 0 Å². The highest BCUT2D eigenvalue weighted by Crippen LogP contribution is 2.39. The smallest absolute Gasteiger partial charge is 0.00762 e. The zero-order valence-corrected chi connectivity index (χ0v) is 12.2. The summed E-state index contributed by atoms with van der Waals surface area (Å²) in [5.41, 5.74) is 2.57. The highest BCUT2D eigenvalue weighted by atomic mass is 32.4. The molecule has 2 aromatic rings. The van der Waals surface area contributed by atoms with Crippen LogP contribution >= 0.6 is 6.04 Å². The molecule has 0 bridgehead atoms. The number of aryl methyl sites for hydroxylation is 2. The summed E-state index contributed by atoms with van der Waals surface area (Å²) >= 11 is 5.89. The summed E-state index contributed by atoms with van der Waals surface area (Å²) in [4.78, 5) is 0. The van der Waals surface area contributed by atoms with E-state index in [-0.39, 0.29) is 0 Å². The van der Waals surface area contributed by atoms with Gasteiger partial charge in [-0.25, -0.2) is 0 Å². The second kappa shape index (κ2) is 4.76. The highest BCUT2D eigenvalue weighted by molar-refractivity contribution is 8.21. The number of hydrogen-bond acceptors (Lipinski definition) is 1. The first kappa shape index (κ1) is 12.5. The van der Waals surface area contributed by atoms with Gasteiger partial charge in [-0.15, -0.1) is 0 Å². The number of benzene rings is 2. The van der Waals surface area contributed by atoms with Crippen LogP contribution in [0.5, 0.6) is 0 Å². The van der Waals surface area contributed by atoms with Gasteiger partial charge < -0.3 is 0 Å². The molecule has 88 valence electrons. The summed E-state index contributed by atoms with van der Waals surface area (Å²) < 4.78 is 0. The molecule has 2 aromatic carbocycles. The number of hydrogen-bond donors (Lipinski definition) is 0. The molecule has 0 N–H and O–H groups in total. The fraction of sp³-hybridized carbons (Fsp3) is 0.200. The summed E-state index contributed by atoms with van der Waals surface area (Å²) in [7, 11) is 0. The molecule has 0 fully saturated rings. The van der Waals surface area contributed by atoms with Crippen LogP contribution in [0.2, 0.25) is 0 Å². The van der Waals surface area contributed by atoms with E-state index < -0.39 is 6.04 Å². The van der Waals surface area contributed by atoms with E-state index in [1.165, 1.54) is 21.7 Å². The lowest BCUT2D eigenvalue weighted by atomic mass is 10.2. The lowest BCUT2D eigenvalue weighted by molar-refractivity contribution is 1.49. The molecular weight excluding hydrogens is 243 g/mol. The first-order chi connectivity index (χ1) is 8.00. The Morgan fingerprint density at radius 2 is 1.47 bits per heavy atom. The molecule has 0 radical (unpaired) electrons. The monoisotopic (exact) mass is 260 g/mol. The Balaban J connectivity index is 2.49. The van der Waals surface area contributed by atoms with Crippen LogP contribution in [0.25, 0.3) is 0 Å². The lowest BCUT2D eigenvalue weighted by Crippen LogP contribution is -2.14. The minimum absolute atomic E-state index is 1.28. The molecule has 0 aliphatic rings. The van der Waals surface area contributed by atoms with Gasteiger partial charge in [0.25, 0.3) is 0 Å². The molecule has 0 aliphatic carbocycles. The maximum atomic E-state index is 5.89. The van der Waals surface area contributed by atoms with Crippen LogP contribution in [-0.2, 0) is 11.8 Å². The van der Waals surface area contributed by atoms with Gasteiger partial charge in [0.05, 0.1) is 0 Å². The number of rotatable bonds is 2. The molecule has 0 amide bonds. The molecule has 1 atom stereocenters. The Bertz CT molecular complexity index is 570. The minimum atomic E-state index is -1.61. The fourth-order valence-electron chi connectivity index (χ4n) is 1.87. The molecule has 0 saturated heterocycles. The van der Waals surface area contributed by atoms with E-state index in [1.807, 2.05) is 0 Å². The summed E-state index contributed by atoms with van der Waals surface area (Å²) in [5.74, 6) is 0. The normalized spacial score (nSPS) is 14.3. The predicted molar refractivity (Wildman–Crippen MR) is 81.8 cm³/mol. The third-order valence-electron chi connectivity index (χ3n) is 3.02.